The van der Waals surface area contributed by atoms with Crippen molar-refractivity contribution in [1.29, 1.82) is 0 Å². The molecule has 0 aliphatic heterocycles. The van der Waals surface area contributed by atoms with E-state index in [1.807, 2.05) is 6.20 Å². The number of hydrogen-bond donors (Lipinski definition) is 0. The topological polar surface area (TPSA) is 25.8 Å². The van der Waals surface area contributed by atoms with Gasteiger partial charge in [0.05, 0.1) is 22.9 Å². The first-order valence-corrected chi connectivity index (χ1v) is 8.51. The van der Waals surface area contributed by atoms with Crippen LogP contribution in [0.1, 0.15) is 16.7 Å². The molecule has 4 aromatic rings. The van der Waals surface area contributed by atoms with Crippen LogP contribution in [0.4, 0.5) is 0 Å². The number of hydrogen-bond acceptors (Lipinski definition) is 2. The van der Waals surface area contributed by atoms with Gasteiger partial charge in [0.15, 0.2) is 0 Å². The first-order chi connectivity index (χ1) is 12.1. The minimum Gasteiger partial charge on any atom is -0.252 e. The van der Waals surface area contributed by atoms with Crippen LogP contribution < -0.4 is 0 Å². The molecule has 3 aromatic carbocycles. The van der Waals surface area contributed by atoms with E-state index in [-0.39, 0.29) is 0 Å². The molecule has 0 spiro atoms. The lowest BCUT2D eigenvalue weighted by atomic mass is 10.0. The molecule has 0 atom stereocenters. The Labute approximate surface area is 148 Å². The standard InChI is InChI=1S/C23H20N2/c1-15-4-6-18(7-5-15)23-14-24-22-13-19(8-9-21(22)25-23)20-11-16(2)10-17(3)12-20/h4-14H,1-3H3. The Bertz CT molecular complexity index is 1040. The summed E-state index contributed by atoms with van der Waals surface area (Å²) >= 11 is 0. The smallest absolute Gasteiger partial charge is 0.0894 e. The third-order valence-electron chi connectivity index (χ3n) is 4.44. The molecule has 0 N–H and O–H groups in total. The van der Waals surface area contributed by atoms with E-state index >= 15 is 0 Å². The van der Waals surface area contributed by atoms with Gasteiger partial charge in [-0.05, 0) is 44.0 Å². The number of benzene rings is 3. The summed E-state index contributed by atoms with van der Waals surface area (Å²) in [6.45, 7) is 6.35. The third-order valence-corrected chi connectivity index (χ3v) is 4.44. The minimum absolute atomic E-state index is 0.909. The van der Waals surface area contributed by atoms with E-state index in [0.29, 0.717) is 0 Å². The molecule has 1 aromatic heterocycles. The fourth-order valence-corrected chi connectivity index (χ4v) is 3.20. The highest BCUT2D eigenvalue weighted by molar-refractivity contribution is 5.83. The SMILES string of the molecule is Cc1ccc(-c2cnc3cc(-c4cc(C)cc(C)c4)ccc3n2)cc1. The molecule has 0 aliphatic carbocycles. The molecule has 0 aliphatic rings. The maximum atomic E-state index is 4.78. The van der Waals surface area contributed by atoms with Gasteiger partial charge in [0.2, 0.25) is 0 Å². The summed E-state index contributed by atoms with van der Waals surface area (Å²) in [7, 11) is 0. The fourth-order valence-electron chi connectivity index (χ4n) is 3.20. The Balaban J connectivity index is 1.77. The van der Waals surface area contributed by atoms with Crippen LogP contribution in [0.5, 0.6) is 0 Å². The molecule has 1 heterocycles. The highest BCUT2D eigenvalue weighted by Gasteiger charge is 2.06. The van der Waals surface area contributed by atoms with Crippen LogP contribution in [0, 0.1) is 20.8 Å². The van der Waals surface area contributed by atoms with Gasteiger partial charge in [-0.2, -0.15) is 0 Å². The molecule has 0 unspecified atom stereocenters. The first-order valence-electron chi connectivity index (χ1n) is 8.51. The zero-order valence-electron chi connectivity index (χ0n) is 14.7. The van der Waals surface area contributed by atoms with Gasteiger partial charge >= 0.3 is 0 Å². The quantitative estimate of drug-likeness (QED) is 0.459. The van der Waals surface area contributed by atoms with Gasteiger partial charge in [-0.3, -0.25) is 4.98 Å². The highest BCUT2D eigenvalue weighted by Crippen LogP contribution is 2.26. The van der Waals surface area contributed by atoms with Crippen molar-refractivity contribution in [3.8, 4) is 22.4 Å². The lowest BCUT2D eigenvalue weighted by Crippen LogP contribution is -1.90. The van der Waals surface area contributed by atoms with E-state index in [1.54, 1.807) is 0 Å². The van der Waals surface area contributed by atoms with E-state index in [1.165, 1.54) is 27.8 Å². The number of nitrogens with zero attached hydrogens (tertiary/aromatic N) is 2. The average molecular weight is 324 g/mol. The van der Waals surface area contributed by atoms with Gasteiger partial charge in [0.25, 0.3) is 0 Å². The highest BCUT2D eigenvalue weighted by atomic mass is 14.8. The summed E-state index contributed by atoms with van der Waals surface area (Å²) in [5.74, 6) is 0. The van der Waals surface area contributed by atoms with Crippen LogP contribution in [0.2, 0.25) is 0 Å². The van der Waals surface area contributed by atoms with Crippen LogP contribution >= 0.6 is 0 Å². The molecule has 25 heavy (non-hydrogen) atoms. The Morgan fingerprint density at radius 1 is 0.560 bits per heavy atom. The molecular weight excluding hydrogens is 304 g/mol. The predicted octanol–water partition coefficient (Wildman–Crippen LogP) is 5.89. The molecule has 4 rings (SSSR count). The first kappa shape index (κ1) is 15.5. The lowest BCUT2D eigenvalue weighted by Gasteiger charge is -2.08. The van der Waals surface area contributed by atoms with E-state index in [2.05, 4.69) is 86.4 Å². The Kier molecular flexibility index (Phi) is 3.81. The molecule has 0 amide bonds. The van der Waals surface area contributed by atoms with Gasteiger partial charge in [-0.25, -0.2) is 4.98 Å². The van der Waals surface area contributed by atoms with Crippen LogP contribution in [0.15, 0.2) is 66.9 Å². The molecule has 0 saturated carbocycles. The Hall–Kier alpha value is -3.00. The van der Waals surface area contributed by atoms with Gasteiger partial charge in [-0.1, -0.05) is 65.2 Å². The van der Waals surface area contributed by atoms with E-state index in [9.17, 15) is 0 Å². The van der Waals surface area contributed by atoms with Crippen molar-refractivity contribution in [2.45, 2.75) is 20.8 Å². The molecular formula is C23H20N2. The zero-order chi connectivity index (χ0) is 17.4. The molecule has 2 heteroatoms. The zero-order valence-corrected chi connectivity index (χ0v) is 14.7. The summed E-state index contributed by atoms with van der Waals surface area (Å²) in [5, 5.41) is 0. The summed E-state index contributed by atoms with van der Waals surface area (Å²) in [4.78, 5) is 9.43. The fraction of sp³-hybridized carbons (Fsp3) is 0.130. The van der Waals surface area contributed by atoms with Crippen molar-refractivity contribution in [2.24, 2.45) is 0 Å². The predicted molar refractivity (Wildman–Crippen MR) is 105 cm³/mol. The number of rotatable bonds is 2. The average Bonchev–Trinajstić information content (AvgIpc) is 2.60. The van der Waals surface area contributed by atoms with Gasteiger partial charge in [-0.15, -0.1) is 0 Å². The molecule has 0 fully saturated rings. The Morgan fingerprint density at radius 2 is 1.24 bits per heavy atom. The van der Waals surface area contributed by atoms with Crippen LogP contribution in [0.3, 0.4) is 0 Å². The summed E-state index contributed by atoms with van der Waals surface area (Å²) < 4.78 is 0. The van der Waals surface area contributed by atoms with Crippen molar-refractivity contribution < 1.29 is 0 Å². The Morgan fingerprint density at radius 3 is 1.96 bits per heavy atom. The van der Waals surface area contributed by atoms with Gasteiger partial charge < -0.3 is 0 Å². The normalized spacial score (nSPS) is 11.0. The summed E-state index contributed by atoms with van der Waals surface area (Å²) in [6, 6.07) is 21.3. The molecule has 0 saturated heterocycles. The van der Waals surface area contributed by atoms with E-state index in [4.69, 9.17) is 4.98 Å². The minimum atomic E-state index is 0.909. The second-order valence-corrected chi connectivity index (χ2v) is 6.70. The summed E-state index contributed by atoms with van der Waals surface area (Å²) in [6.07, 6.45) is 1.86. The van der Waals surface area contributed by atoms with Crippen molar-refractivity contribution in [3.63, 3.8) is 0 Å². The van der Waals surface area contributed by atoms with Crippen molar-refractivity contribution >= 4 is 11.0 Å². The largest absolute Gasteiger partial charge is 0.252 e. The maximum absolute atomic E-state index is 4.78. The van der Waals surface area contributed by atoms with Gasteiger partial charge in [0, 0.05) is 5.56 Å². The lowest BCUT2D eigenvalue weighted by molar-refractivity contribution is 1.29. The number of fused-ring (bicyclic) bond motifs is 1. The monoisotopic (exact) mass is 324 g/mol. The van der Waals surface area contributed by atoms with Crippen molar-refractivity contribution in [1.82, 2.24) is 9.97 Å². The van der Waals surface area contributed by atoms with Crippen LogP contribution in [-0.2, 0) is 0 Å². The number of aromatic nitrogens is 2. The number of aryl methyl sites for hydroxylation is 3. The summed E-state index contributed by atoms with van der Waals surface area (Å²) in [5.41, 5.74) is 10.0. The molecule has 122 valence electrons. The van der Waals surface area contributed by atoms with E-state index in [0.717, 1.165) is 22.3 Å². The van der Waals surface area contributed by atoms with Crippen LogP contribution in [0.25, 0.3) is 33.4 Å². The second kappa shape index (κ2) is 6.14. The van der Waals surface area contributed by atoms with Crippen molar-refractivity contribution in [2.75, 3.05) is 0 Å². The molecule has 0 radical (unpaired) electrons. The third kappa shape index (κ3) is 3.16. The van der Waals surface area contributed by atoms with Crippen molar-refractivity contribution in [3.05, 3.63) is 83.6 Å². The molecule has 0 bridgehead atoms. The van der Waals surface area contributed by atoms with Crippen LogP contribution in [-0.4, -0.2) is 9.97 Å². The van der Waals surface area contributed by atoms with Gasteiger partial charge in [0.1, 0.15) is 0 Å². The maximum Gasteiger partial charge on any atom is 0.0894 e. The second-order valence-electron chi connectivity index (χ2n) is 6.70. The van der Waals surface area contributed by atoms with E-state index < -0.39 is 0 Å². The molecule has 2 nitrogen and oxygen atoms in total.